The van der Waals surface area contributed by atoms with Crippen molar-refractivity contribution in [3.63, 3.8) is 0 Å². The molecular weight excluding hydrogens is 476 g/mol. The van der Waals surface area contributed by atoms with Crippen LogP contribution in [0.15, 0.2) is 42.5 Å². The van der Waals surface area contributed by atoms with E-state index in [1.165, 1.54) is 11.5 Å². The molecule has 2 aromatic carbocycles. The van der Waals surface area contributed by atoms with Gasteiger partial charge < -0.3 is 24.0 Å². The number of methoxy groups -OCH3 is 3. The first-order valence-electron chi connectivity index (χ1n) is 12.2. The number of amides is 1. The van der Waals surface area contributed by atoms with E-state index in [1.807, 2.05) is 48.3 Å². The number of carbonyl (C=O) groups excluding carboxylic acids is 1. The van der Waals surface area contributed by atoms with Crippen molar-refractivity contribution in [1.29, 1.82) is 0 Å². The Hall–Kier alpha value is -3.33. The first kappa shape index (κ1) is 25.8. The average Bonchev–Trinajstić information content (AvgIpc) is 3.39. The number of rotatable bonds is 10. The molecule has 1 aliphatic heterocycles. The second kappa shape index (κ2) is 12.1. The van der Waals surface area contributed by atoms with E-state index in [0.29, 0.717) is 24.5 Å². The summed E-state index contributed by atoms with van der Waals surface area (Å²) in [6, 6.07) is 13.9. The largest absolute Gasteiger partial charge is 0.497 e. The second-order valence-electron chi connectivity index (χ2n) is 8.98. The van der Waals surface area contributed by atoms with Crippen LogP contribution in [0.3, 0.4) is 0 Å². The van der Waals surface area contributed by atoms with Gasteiger partial charge in [-0.05, 0) is 54.7 Å². The highest BCUT2D eigenvalue weighted by atomic mass is 32.1. The summed E-state index contributed by atoms with van der Waals surface area (Å²) in [6.45, 7) is 2.29. The van der Waals surface area contributed by atoms with Crippen LogP contribution in [0.2, 0.25) is 0 Å². The van der Waals surface area contributed by atoms with E-state index in [-0.39, 0.29) is 11.8 Å². The summed E-state index contributed by atoms with van der Waals surface area (Å²) in [4.78, 5) is 21.9. The van der Waals surface area contributed by atoms with E-state index in [4.69, 9.17) is 19.2 Å². The Labute approximate surface area is 217 Å². The number of hydrogen-bond donors (Lipinski definition) is 0. The Morgan fingerprint density at radius 2 is 1.81 bits per heavy atom. The van der Waals surface area contributed by atoms with Crippen molar-refractivity contribution in [2.45, 2.75) is 25.7 Å². The van der Waals surface area contributed by atoms with Crippen molar-refractivity contribution >= 4 is 22.6 Å². The third-order valence-corrected chi connectivity index (χ3v) is 7.44. The number of piperidine rings is 1. The molecule has 4 rings (SSSR count). The maximum atomic E-state index is 13.1. The van der Waals surface area contributed by atoms with Crippen LogP contribution in [0.4, 0.5) is 5.13 Å². The van der Waals surface area contributed by atoms with Crippen molar-refractivity contribution in [3.8, 4) is 17.2 Å². The first-order chi connectivity index (χ1) is 17.5. The predicted molar refractivity (Wildman–Crippen MR) is 142 cm³/mol. The molecule has 0 saturated carbocycles. The molecule has 9 heteroatoms. The molecule has 0 N–H and O–H groups in total. The Kier molecular flexibility index (Phi) is 8.64. The van der Waals surface area contributed by atoms with Crippen molar-refractivity contribution in [2.24, 2.45) is 5.92 Å². The Balaban J connectivity index is 1.26. The van der Waals surface area contributed by atoms with E-state index < -0.39 is 0 Å². The van der Waals surface area contributed by atoms with Gasteiger partial charge in [-0.1, -0.05) is 18.2 Å². The topological polar surface area (TPSA) is 77.0 Å². The van der Waals surface area contributed by atoms with Gasteiger partial charge in [-0.15, -0.1) is 0 Å². The number of hydrogen-bond acceptors (Lipinski definition) is 8. The summed E-state index contributed by atoms with van der Waals surface area (Å²) in [7, 11) is 6.82. The third kappa shape index (κ3) is 6.26. The monoisotopic (exact) mass is 510 g/mol. The fourth-order valence-corrected chi connectivity index (χ4v) is 5.22. The number of ether oxygens (including phenoxy) is 3. The molecule has 1 aromatic heterocycles. The van der Waals surface area contributed by atoms with Crippen molar-refractivity contribution < 1.29 is 19.0 Å². The number of aromatic nitrogens is 2. The molecule has 0 atom stereocenters. The highest BCUT2D eigenvalue weighted by Gasteiger charge is 2.28. The van der Waals surface area contributed by atoms with E-state index in [0.717, 1.165) is 60.2 Å². The molecule has 0 radical (unpaired) electrons. The normalized spacial score (nSPS) is 13.9. The van der Waals surface area contributed by atoms with Crippen LogP contribution in [0.1, 0.15) is 29.8 Å². The number of benzene rings is 2. The molecule has 0 aliphatic carbocycles. The predicted octanol–water partition coefficient (Wildman–Crippen LogP) is 4.07. The molecule has 0 spiro atoms. The van der Waals surface area contributed by atoms with Crippen molar-refractivity contribution in [1.82, 2.24) is 14.3 Å². The van der Waals surface area contributed by atoms with Gasteiger partial charge in [0.05, 0.1) is 21.3 Å². The highest BCUT2D eigenvalue weighted by Crippen LogP contribution is 2.29. The second-order valence-corrected chi connectivity index (χ2v) is 9.71. The van der Waals surface area contributed by atoms with Gasteiger partial charge in [0.2, 0.25) is 11.0 Å². The minimum atomic E-state index is 0.0424. The lowest BCUT2D eigenvalue weighted by Crippen LogP contribution is -2.41. The SMILES string of the molecule is COc1cccc(Cc2nsc(N3CCC(C(=O)N(C)CCc4ccc(OC)c(OC)c4)CC3)n2)c1. The molecule has 0 bridgehead atoms. The van der Waals surface area contributed by atoms with Gasteiger partial charge in [0.1, 0.15) is 11.6 Å². The quantitative estimate of drug-likeness (QED) is 0.407. The molecule has 1 fully saturated rings. The van der Waals surface area contributed by atoms with E-state index in [9.17, 15) is 4.79 Å². The van der Waals surface area contributed by atoms with Crippen molar-refractivity contribution in [3.05, 3.63) is 59.4 Å². The third-order valence-electron chi connectivity index (χ3n) is 6.63. The maximum absolute atomic E-state index is 13.1. The zero-order valence-electron chi connectivity index (χ0n) is 21.4. The summed E-state index contributed by atoms with van der Waals surface area (Å²) >= 11 is 1.43. The summed E-state index contributed by atoms with van der Waals surface area (Å²) in [6.07, 6.45) is 3.09. The Morgan fingerprint density at radius 3 is 2.53 bits per heavy atom. The number of anilines is 1. The number of nitrogens with zero attached hydrogens (tertiary/aromatic N) is 4. The van der Waals surface area contributed by atoms with Gasteiger partial charge in [0.15, 0.2) is 11.5 Å². The Morgan fingerprint density at radius 1 is 1.03 bits per heavy atom. The van der Waals surface area contributed by atoms with Crippen LogP contribution in [-0.2, 0) is 17.6 Å². The molecule has 2 heterocycles. The molecular formula is C27H34N4O4S. The lowest BCUT2D eigenvalue weighted by molar-refractivity contribution is -0.134. The molecule has 36 heavy (non-hydrogen) atoms. The van der Waals surface area contributed by atoms with Crippen molar-refractivity contribution in [2.75, 3.05) is 52.9 Å². The number of carbonyl (C=O) groups is 1. The van der Waals surface area contributed by atoms with Gasteiger partial charge in [0.25, 0.3) is 0 Å². The first-order valence-corrected chi connectivity index (χ1v) is 12.9. The van der Waals surface area contributed by atoms with E-state index in [2.05, 4.69) is 15.3 Å². The fraction of sp³-hybridized carbons (Fsp3) is 0.444. The van der Waals surface area contributed by atoms with Gasteiger partial charge in [0, 0.05) is 50.6 Å². The molecule has 0 unspecified atom stereocenters. The lowest BCUT2D eigenvalue weighted by Gasteiger charge is -2.32. The zero-order chi connectivity index (χ0) is 25.5. The summed E-state index contributed by atoms with van der Waals surface area (Å²) in [5, 5.41) is 0.931. The van der Waals surface area contributed by atoms with E-state index in [1.54, 1.807) is 21.3 Å². The maximum Gasteiger partial charge on any atom is 0.225 e. The molecule has 1 saturated heterocycles. The van der Waals surface area contributed by atoms with Gasteiger partial charge in [-0.25, -0.2) is 4.98 Å². The van der Waals surface area contributed by atoms with E-state index >= 15 is 0 Å². The summed E-state index contributed by atoms with van der Waals surface area (Å²) in [5.74, 6) is 3.33. The number of likely N-dealkylation sites (N-methyl/N-ethyl adjacent to an activating group) is 1. The van der Waals surface area contributed by atoms with Gasteiger partial charge >= 0.3 is 0 Å². The van der Waals surface area contributed by atoms with Gasteiger partial charge in [-0.3, -0.25) is 4.79 Å². The Bertz CT molecular complexity index is 1160. The molecule has 1 amide bonds. The van der Waals surface area contributed by atoms with Crippen LogP contribution < -0.4 is 19.1 Å². The highest BCUT2D eigenvalue weighted by molar-refractivity contribution is 7.09. The minimum Gasteiger partial charge on any atom is -0.497 e. The van der Waals surface area contributed by atoms with Crippen LogP contribution in [-0.4, -0.2) is 68.2 Å². The minimum absolute atomic E-state index is 0.0424. The summed E-state index contributed by atoms with van der Waals surface area (Å²) in [5.41, 5.74) is 2.24. The van der Waals surface area contributed by atoms with Crippen LogP contribution in [0.25, 0.3) is 0 Å². The standard InChI is InChI=1S/C27H34N4O4S/c1-30(13-10-19-8-9-23(34-3)24(17-19)35-4)26(32)21-11-14-31(15-12-21)27-28-25(29-36-27)18-20-6-5-7-22(16-20)33-2/h5-9,16-17,21H,10-15,18H2,1-4H3. The molecule has 8 nitrogen and oxygen atoms in total. The average molecular weight is 511 g/mol. The molecule has 192 valence electrons. The van der Waals surface area contributed by atoms with Crippen LogP contribution in [0.5, 0.6) is 17.2 Å². The fourth-order valence-electron chi connectivity index (χ4n) is 4.48. The lowest BCUT2D eigenvalue weighted by atomic mass is 9.95. The molecule has 3 aromatic rings. The summed E-state index contributed by atoms with van der Waals surface area (Å²) < 4.78 is 20.6. The van der Waals surface area contributed by atoms with Crippen LogP contribution in [0, 0.1) is 5.92 Å². The zero-order valence-corrected chi connectivity index (χ0v) is 22.2. The van der Waals surface area contributed by atoms with Crippen LogP contribution >= 0.6 is 11.5 Å². The molecule has 1 aliphatic rings. The van der Waals surface area contributed by atoms with Gasteiger partial charge in [-0.2, -0.15) is 4.37 Å². The smallest absolute Gasteiger partial charge is 0.225 e.